The van der Waals surface area contributed by atoms with Crippen LogP contribution in [0.25, 0.3) is 89.7 Å². The molecule has 12 aromatic carbocycles. The SMILES string of the molecule is CC(C)(c1ccccc1)c1ccccc1Oc1c(Oc2ccccc2C(C)(C)c2ccccc2)c(Oc2ccccc2C(C)(C)c2ccccc2)c2c3nc4nc(nc5[nH]c(nc6nc(nc([nH]3)c2c1Oc1ccccc1C(C)(C)c1ccccc1)-c1ccccc1-6)c1ccccc51)-c1ccccc1-4.[Cu+]. The molecule has 0 atom stereocenters. The third-order valence-corrected chi connectivity index (χ3v) is 20.9. The van der Waals surface area contributed by atoms with Crippen LogP contribution in [0.2, 0.25) is 0 Å². The van der Waals surface area contributed by atoms with Crippen molar-refractivity contribution in [2.24, 2.45) is 0 Å². The maximum atomic E-state index is 8.10. The Morgan fingerprint density at radius 2 is 0.448 bits per heavy atom. The average Bonchev–Trinajstić information content (AvgIpc) is 1.60. The minimum atomic E-state index is -0.631. The molecule has 516 valence electrons. The van der Waals surface area contributed by atoms with Crippen LogP contribution < -0.4 is 18.9 Å². The first-order valence-corrected chi connectivity index (χ1v) is 35.3. The molecule has 0 amide bonds. The summed E-state index contributed by atoms with van der Waals surface area (Å²) in [6.45, 7) is 17.8. The van der Waals surface area contributed by atoms with E-state index in [-0.39, 0.29) is 40.1 Å². The summed E-state index contributed by atoms with van der Waals surface area (Å²) < 4.78 is 32.4. The minimum Gasteiger partial charge on any atom is -0.452 e. The second kappa shape index (κ2) is 26.8. The first-order valence-electron chi connectivity index (χ1n) is 35.3. The van der Waals surface area contributed by atoms with Gasteiger partial charge in [0.25, 0.3) is 0 Å². The predicted octanol–water partition coefficient (Wildman–Crippen LogP) is 23.3. The fourth-order valence-electron chi connectivity index (χ4n) is 14.9. The third-order valence-electron chi connectivity index (χ3n) is 20.9. The number of aromatic amines is 2. The van der Waals surface area contributed by atoms with Gasteiger partial charge in [-0.15, -0.1) is 0 Å². The van der Waals surface area contributed by atoms with E-state index < -0.39 is 21.7 Å². The minimum absolute atomic E-state index is 0. The van der Waals surface area contributed by atoms with Gasteiger partial charge in [0, 0.05) is 76.9 Å². The first-order chi connectivity index (χ1) is 50.6. The van der Waals surface area contributed by atoms with Crippen molar-refractivity contribution in [3.8, 4) is 91.5 Å². The van der Waals surface area contributed by atoms with Gasteiger partial charge in [-0.25, -0.2) is 29.9 Å². The number of rotatable bonds is 16. The summed E-state index contributed by atoms with van der Waals surface area (Å²) in [7, 11) is 0. The summed E-state index contributed by atoms with van der Waals surface area (Å²) in [5.41, 5.74) is 10.2. The van der Waals surface area contributed by atoms with Gasteiger partial charge in [0.15, 0.2) is 34.8 Å². The summed E-state index contributed by atoms with van der Waals surface area (Å²) in [4.78, 5) is 40.6. The molecule has 5 heterocycles. The molecule has 0 unspecified atom stereocenters. The molecule has 13 heteroatoms. The Morgan fingerprint density at radius 1 is 0.229 bits per heavy atom. The average molecular weight is 1420 g/mol. The van der Waals surface area contributed by atoms with Crippen LogP contribution in [-0.2, 0) is 38.7 Å². The number of nitrogens with zero attached hydrogens (tertiary/aromatic N) is 6. The predicted molar refractivity (Wildman–Crippen MR) is 416 cm³/mol. The Morgan fingerprint density at radius 3 is 0.733 bits per heavy atom. The monoisotopic (exact) mass is 1420 g/mol. The van der Waals surface area contributed by atoms with Gasteiger partial charge in [-0.05, 0) is 46.5 Å². The summed E-state index contributed by atoms with van der Waals surface area (Å²) in [5.74, 6) is 4.65. The number of ether oxygens (including phenoxy) is 4. The number of fused-ring (bicyclic) bond motifs is 20. The molecule has 105 heavy (non-hydrogen) atoms. The molecule has 0 aliphatic carbocycles. The standard InChI is InChI=1S/C92H74N8O4.Cu/c1-89(2,57-35-13-9-14-36-57)67-49-27-31-53-71(67)101-77-75-76(88-99-86-66-48-26-24-46-64(66)84(97-86)95-82-62-44-22-21-43-61(62)81(93-82)94-83-63-45-23-25-47-65(63)85(96-83)98-87(75)100-88)78(102-72-54-32-28-50-68(72)90(3,4)58-37-15-10-16-38-58)80(104-74-56-34-30-52-70(74)92(7,8)60-41-19-12-20-42-60)79(77)103-73-55-33-29-51-69(73)91(5,6)59-39-17-11-18-40-59;/h9-56H,1-8H3,(H2,93,94,95,96,97,98,99,100);/q;+1. The van der Waals surface area contributed by atoms with Crippen LogP contribution >= 0.6 is 0 Å². The van der Waals surface area contributed by atoms with Crippen molar-refractivity contribution in [2.75, 3.05) is 0 Å². The Hall–Kier alpha value is -12.3. The normalized spacial score (nSPS) is 12.1. The fraction of sp³-hybridized carbons (Fsp3) is 0.130. The van der Waals surface area contributed by atoms with Crippen molar-refractivity contribution in [3.63, 3.8) is 0 Å². The molecule has 8 bridgehead atoms. The Labute approximate surface area is 620 Å². The second-order valence-electron chi connectivity index (χ2n) is 28.7. The molecule has 0 spiro atoms. The smallest absolute Gasteiger partial charge is 0.452 e. The Balaban J connectivity index is 0.00000847. The number of hydrogen-bond donors (Lipinski definition) is 2. The van der Waals surface area contributed by atoms with E-state index in [0.717, 1.165) is 77.5 Å². The van der Waals surface area contributed by atoms with E-state index in [1.807, 2.05) is 146 Å². The van der Waals surface area contributed by atoms with Gasteiger partial charge in [0.1, 0.15) is 45.6 Å². The summed E-state index contributed by atoms with van der Waals surface area (Å²) in [6.07, 6.45) is 0. The van der Waals surface area contributed by atoms with E-state index in [2.05, 4.69) is 211 Å². The van der Waals surface area contributed by atoms with Crippen molar-refractivity contribution in [1.29, 1.82) is 0 Å². The van der Waals surface area contributed by atoms with E-state index >= 15 is 0 Å². The van der Waals surface area contributed by atoms with E-state index in [0.29, 0.717) is 79.7 Å². The molecular weight excluding hydrogens is 1340 g/mol. The van der Waals surface area contributed by atoms with Crippen molar-refractivity contribution in [2.45, 2.75) is 77.0 Å². The summed E-state index contributed by atoms with van der Waals surface area (Å²) in [5, 5.41) is 2.60. The maximum Gasteiger partial charge on any atom is 1.00 e. The number of hydrogen-bond acceptors (Lipinski definition) is 10. The van der Waals surface area contributed by atoms with E-state index in [4.69, 9.17) is 48.9 Å². The molecule has 0 saturated heterocycles. The van der Waals surface area contributed by atoms with Crippen molar-refractivity contribution >= 4 is 44.1 Å². The second-order valence-corrected chi connectivity index (χ2v) is 28.7. The van der Waals surface area contributed by atoms with Crippen LogP contribution in [0.1, 0.15) is 99.9 Å². The molecular formula is C92H74CuN8O4+. The maximum absolute atomic E-state index is 8.10. The van der Waals surface area contributed by atoms with Gasteiger partial charge in [-0.3, -0.25) is 0 Å². The van der Waals surface area contributed by atoms with Gasteiger partial charge in [-0.1, -0.05) is 322 Å². The number of benzene rings is 12. The quantitative estimate of drug-likeness (QED) is 0.0897. The molecule has 0 radical (unpaired) electrons. The topological polar surface area (TPSA) is 146 Å². The Kier molecular flexibility index (Phi) is 17.2. The molecule has 12 nitrogen and oxygen atoms in total. The molecule has 0 fully saturated rings. The van der Waals surface area contributed by atoms with Crippen molar-refractivity contribution in [1.82, 2.24) is 39.9 Å². The van der Waals surface area contributed by atoms with Gasteiger partial charge < -0.3 is 28.9 Å². The summed E-state index contributed by atoms with van der Waals surface area (Å²) >= 11 is 0. The van der Waals surface area contributed by atoms with Crippen LogP contribution in [-0.4, -0.2) is 39.9 Å². The summed E-state index contributed by atoms with van der Waals surface area (Å²) in [6, 6.07) is 99.0. The molecule has 2 N–H and O–H groups in total. The van der Waals surface area contributed by atoms with Crippen LogP contribution in [0, 0.1) is 0 Å². The van der Waals surface area contributed by atoms with Gasteiger partial charge in [0.2, 0.25) is 11.5 Å². The molecule has 0 saturated carbocycles. The van der Waals surface area contributed by atoms with Crippen molar-refractivity contribution in [3.05, 3.63) is 336 Å². The number of para-hydroxylation sites is 4. The first kappa shape index (κ1) is 67.2. The van der Waals surface area contributed by atoms with E-state index in [1.54, 1.807) is 0 Å². The zero-order valence-electron chi connectivity index (χ0n) is 59.3. The van der Waals surface area contributed by atoms with E-state index in [1.165, 1.54) is 0 Å². The number of nitrogens with one attached hydrogen (secondary N) is 2. The zero-order chi connectivity index (χ0) is 70.9. The molecule has 2 aliphatic rings. The zero-order valence-corrected chi connectivity index (χ0v) is 60.3. The van der Waals surface area contributed by atoms with Gasteiger partial charge >= 0.3 is 17.1 Å². The Bertz CT molecular complexity index is 5650. The van der Waals surface area contributed by atoms with Crippen molar-refractivity contribution < 1.29 is 36.0 Å². The van der Waals surface area contributed by atoms with Crippen LogP contribution in [0.15, 0.2) is 291 Å². The molecule has 2 aliphatic heterocycles. The molecule has 15 aromatic rings. The number of H-pyrrole nitrogens is 2. The van der Waals surface area contributed by atoms with Crippen LogP contribution in [0.3, 0.4) is 0 Å². The number of aromatic nitrogens is 8. The van der Waals surface area contributed by atoms with E-state index in [9.17, 15) is 0 Å². The fourth-order valence-corrected chi connectivity index (χ4v) is 14.9. The largest absolute Gasteiger partial charge is 1.00 e. The van der Waals surface area contributed by atoms with Gasteiger partial charge in [0.05, 0.1) is 10.8 Å². The van der Waals surface area contributed by atoms with Crippen LogP contribution in [0.5, 0.6) is 46.0 Å². The molecule has 3 aromatic heterocycles. The third kappa shape index (κ3) is 11.9. The van der Waals surface area contributed by atoms with Gasteiger partial charge in [-0.2, -0.15) is 0 Å². The molecule has 17 rings (SSSR count). The van der Waals surface area contributed by atoms with Crippen LogP contribution in [0.4, 0.5) is 0 Å².